The first-order valence-electron chi connectivity index (χ1n) is 10.5. The van der Waals surface area contributed by atoms with Gasteiger partial charge in [-0.3, -0.25) is 0 Å². The molecule has 0 aliphatic heterocycles. The maximum Gasteiger partial charge on any atom is 0.291 e. The smallest absolute Gasteiger partial charge is 0.291 e. The normalized spacial score (nSPS) is 28.5. The molecule has 1 aromatic heterocycles. The molecule has 5 rings (SSSR count). The van der Waals surface area contributed by atoms with Crippen molar-refractivity contribution < 1.29 is 9.47 Å². The Morgan fingerprint density at radius 2 is 1.78 bits per heavy atom. The van der Waals surface area contributed by atoms with Gasteiger partial charge in [0.25, 0.3) is 11.8 Å². The fourth-order valence-electron chi connectivity index (χ4n) is 5.54. The topological polar surface area (TPSA) is 44.2 Å². The van der Waals surface area contributed by atoms with Gasteiger partial charge in [-0.05, 0) is 61.8 Å². The van der Waals surface area contributed by atoms with Crippen LogP contribution >= 0.6 is 11.7 Å². The van der Waals surface area contributed by atoms with E-state index in [4.69, 9.17) is 9.47 Å². The molecule has 4 nitrogen and oxygen atoms in total. The summed E-state index contributed by atoms with van der Waals surface area (Å²) in [5.41, 5.74) is 1.38. The molecule has 0 spiro atoms. The van der Waals surface area contributed by atoms with E-state index in [0.717, 1.165) is 5.92 Å². The third-order valence-electron chi connectivity index (χ3n) is 6.96. The Labute approximate surface area is 165 Å². The van der Waals surface area contributed by atoms with Gasteiger partial charge in [-0.15, -0.1) is 8.75 Å². The van der Waals surface area contributed by atoms with Crippen molar-refractivity contribution in [2.75, 3.05) is 6.61 Å². The van der Waals surface area contributed by atoms with Crippen LogP contribution in [0.25, 0.3) is 0 Å². The molecule has 27 heavy (non-hydrogen) atoms. The average molecular weight is 385 g/mol. The second kappa shape index (κ2) is 7.78. The molecule has 4 atom stereocenters. The molecule has 3 fully saturated rings. The molecule has 0 N–H and O–H groups in total. The van der Waals surface area contributed by atoms with E-state index < -0.39 is 0 Å². The monoisotopic (exact) mass is 384 g/mol. The molecule has 0 radical (unpaired) electrons. The van der Waals surface area contributed by atoms with Crippen LogP contribution in [0.3, 0.4) is 0 Å². The summed E-state index contributed by atoms with van der Waals surface area (Å²) in [5.74, 6) is 3.91. The van der Waals surface area contributed by atoms with Crippen molar-refractivity contribution in [2.24, 2.45) is 17.8 Å². The van der Waals surface area contributed by atoms with E-state index in [0.29, 0.717) is 42.2 Å². The minimum atomic E-state index is 0.315. The van der Waals surface area contributed by atoms with Crippen molar-refractivity contribution in [1.29, 1.82) is 0 Å². The van der Waals surface area contributed by atoms with Crippen molar-refractivity contribution in [3.63, 3.8) is 0 Å². The van der Waals surface area contributed by atoms with Crippen LogP contribution in [0.15, 0.2) is 30.3 Å². The fraction of sp³-hybridized carbons (Fsp3) is 0.636. The summed E-state index contributed by atoms with van der Waals surface area (Å²) in [7, 11) is 0. The Morgan fingerprint density at radius 3 is 2.52 bits per heavy atom. The first-order valence-corrected chi connectivity index (χ1v) is 11.3. The quantitative estimate of drug-likeness (QED) is 0.636. The van der Waals surface area contributed by atoms with Gasteiger partial charge in [0, 0.05) is 5.92 Å². The third-order valence-corrected chi connectivity index (χ3v) is 7.46. The van der Waals surface area contributed by atoms with Gasteiger partial charge in [-0.1, -0.05) is 43.2 Å². The molecule has 1 aromatic carbocycles. The van der Waals surface area contributed by atoms with Gasteiger partial charge in [0.1, 0.15) is 6.10 Å². The summed E-state index contributed by atoms with van der Waals surface area (Å²) >= 11 is 1.20. The van der Waals surface area contributed by atoms with Crippen molar-refractivity contribution in [3.8, 4) is 11.8 Å². The van der Waals surface area contributed by atoms with Gasteiger partial charge in [0.15, 0.2) is 0 Å². The maximum atomic E-state index is 6.26. The molecule has 3 saturated carbocycles. The second-order valence-electron chi connectivity index (χ2n) is 8.58. The van der Waals surface area contributed by atoms with Crippen LogP contribution in [0.5, 0.6) is 11.8 Å². The van der Waals surface area contributed by atoms with Gasteiger partial charge < -0.3 is 9.47 Å². The van der Waals surface area contributed by atoms with E-state index in [1.165, 1.54) is 68.7 Å². The standard InChI is InChI=1S/C22H28N2O2S/c1-2-6-16(7-3-1)19(17-8-4-5-9-17)14-25-21-22(24-27-23-21)26-20-13-15-10-11-18(20)12-15/h1-3,6-7,15,17-20H,4-5,8-14H2/t15-,18+,19?,20+/m1/s1. The largest absolute Gasteiger partial charge is 0.473 e. The summed E-state index contributed by atoms with van der Waals surface area (Å²) in [4.78, 5) is 0. The number of benzene rings is 1. The highest BCUT2D eigenvalue weighted by Gasteiger charge is 2.41. The zero-order chi connectivity index (χ0) is 18.1. The Hall–Kier alpha value is -1.62. The lowest BCUT2D eigenvalue weighted by atomic mass is 9.85. The summed E-state index contributed by atoms with van der Waals surface area (Å²) in [6.07, 6.45) is 10.8. The molecule has 2 aromatic rings. The summed E-state index contributed by atoms with van der Waals surface area (Å²) in [5, 5.41) is 0. The molecule has 2 bridgehead atoms. The van der Waals surface area contributed by atoms with Crippen molar-refractivity contribution in [1.82, 2.24) is 8.75 Å². The third kappa shape index (κ3) is 3.71. The number of hydrogen-bond acceptors (Lipinski definition) is 5. The first-order chi connectivity index (χ1) is 13.4. The highest BCUT2D eigenvalue weighted by Crippen LogP contribution is 2.46. The molecule has 0 saturated heterocycles. The minimum absolute atomic E-state index is 0.315. The van der Waals surface area contributed by atoms with Crippen LogP contribution in [0.4, 0.5) is 0 Å². The number of ether oxygens (including phenoxy) is 2. The van der Waals surface area contributed by atoms with Gasteiger partial charge >= 0.3 is 0 Å². The van der Waals surface area contributed by atoms with Gasteiger partial charge in [-0.2, -0.15) is 0 Å². The number of aromatic nitrogens is 2. The molecule has 1 heterocycles. The molecule has 0 amide bonds. The molecular weight excluding hydrogens is 356 g/mol. The molecule has 5 heteroatoms. The van der Waals surface area contributed by atoms with E-state index in [1.807, 2.05) is 0 Å². The van der Waals surface area contributed by atoms with E-state index in [-0.39, 0.29) is 0 Å². The van der Waals surface area contributed by atoms with Gasteiger partial charge in [0.05, 0.1) is 18.3 Å². The predicted octanol–water partition coefficient (Wildman–Crippen LogP) is 5.46. The van der Waals surface area contributed by atoms with Crippen molar-refractivity contribution in [3.05, 3.63) is 35.9 Å². The fourth-order valence-corrected chi connectivity index (χ4v) is 5.98. The van der Waals surface area contributed by atoms with E-state index >= 15 is 0 Å². The van der Waals surface area contributed by atoms with E-state index in [2.05, 4.69) is 39.1 Å². The number of rotatable bonds is 7. The number of hydrogen-bond donors (Lipinski definition) is 0. The van der Waals surface area contributed by atoms with Crippen LogP contribution < -0.4 is 9.47 Å². The molecule has 144 valence electrons. The number of fused-ring (bicyclic) bond motifs is 2. The second-order valence-corrected chi connectivity index (χ2v) is 9.11. The van der Waals surface area contributed by atoms with E-state index in [1.54, 1.807) is 0 Å². The molecular formula is C22H28N2O2S. The number of nitrogens with zero attached hydrogens (tertiary/aromatic N) is 2. The van der Waals surface area contributed by atoms with Gasteiger partial charge in [0.2, 0.25) is 0 Å². The van der Waals surface area contributed by atoms with Crippen molar-refractivity contribution >= 4 is 11.7 Å². The first kappa shape index (κ1) is 17.5. The Bertz CT molecular complexity index is 744. The lowest BCUT2D eigenvalue weighted by molar-refractivity contribution is 0.124. The predicted molar refractivity (Wildman–Crippen MR) is 106 cm³/mol. The van der Waals surface area contributed by atoms with Crippen LogP contribution in [-0.2, 0) is 0 Å². The summed E-state index contributed by atoms with van der Waals surface area (Å²) < 4.78 is 21.3. The molecule has 1 unspecified atom stereocenters. The Balaban J connectivity index is 1.26. The molecule has 3 aliphatic rings. The minimum Gasteiger partial charge on any atom is -0.473 e. The average Bonchev–Trinajstić information content (AvgIpc) is 3.49. The highest BCUT2D eigenvalue weighted by atomic mass is 32.1. The molecule has 3 aliphatic carbocycles. The van der Waals surface area contributed by atoms with Crippen LogP contribution in [-0.4, -0.2) is 21.5 Å². The highest BCUT2D eigenvalue weighted by molar-refractivity contribution is 6.99. The van der Waals surface area contributed by atoms with E-state index in [9.17, 15) is 0 Å². The van der Waals surface area contributed by atoms with Gasteiger partial charge in [-0.25, -0.2) is 0 Å². The SMILES string of the molecule is c1ccc(C(COc2nsnc2O[C@H]2C[C@@H]3CC[C@H]2C3)C2CCCC2)cc1. The van der Waals surface area contributed by atoms with Crippen LogP contribution in [0.1, 0.15) is 62.8 Å². The zero-order valence-corrected chi connectivity index (χ0v) is 16.6. The lowest BCUT2D eigenvalue weighted by Gasteiger charge is -2.24. The van der Waals surface area contributed by atoms with Crippen LogP contribution in [0, 0.1) is 17.8 Å². The Kier molecular flexibility index (Phi) is 5.04. The van der Waals surface area contributed by atoms with Crippen molar-refractivity contribution in [2.45, 2.75) is 63.4 Å². The Morgan fingerprint density at radius 1 is 0.963 bits per heavy atom. The summed E-state index contributed by atoms with van der Waals surface area (Å²) in [6, 6.07) is 10.8. The lowest BCUT2D eigenvalue weighted by Crippen LogP contribution is -2.24. The maximum absolute atomic E-state index is 6.26. The zero-order valence-electron chi connectivity index (χ0n) is 15.8. The van der Waals surface area contributed by atoms with Crippen LogP contribution in [0.2, 0.25) is 0 Å². The summed E-state index contributed by atoms with van der Waals surface area (Å²) in [6.45, 7) is 0.660.